The van der Waals surface area contributed by atoms with Crippen molar-refractivity contribution >= 4 is 5.96 Å². The van der Waals surface area contributed by atoms with Crippen molar-refractivity contribution in [2.45, 2.75) is 44.6 Å². The van der Waals surface area contributed by atoms with Crippen LogP contribution < -0.4 is 10.6 Å². The number of guanidine groups is 1. The normalized spacial score (nSPS) is 21.4. The van der Waals surface area contributed by atoms with Gasteiger partial charge < -0.3 is 15.4 Å². The molecule has 0 radical (unpaired) electrons. The molecular formula is C19H29F3N4O. The molecule has 0 bridgehead atoms. The van der Waals surface area contributed by atoms with E-state index in [-0.39, 0.29) is 12.6 Å². The second kappa shape index (κ2) is 10.5. The molecule has 5 nitrogen and oxygen atoms in total. The molecule has 1 fully saturated rings. The predicted octanol–water partition coefficient (Wildman–Crippen LogP) is 2.78. The van der Waals surface area contributed by atoms with Crippen molar-refractivity contribution in [1.29, 1.82) is 0 Å². The van der Waals surface area contributed by atoms with Crippen LogP contribution in [0.15, 0.2) is 35.3 Å². The van der Waals surface area contributed by atoms with Crippen LogP contribution in [0.1, 0.15) is 25.3 Å². The van der Waals surface area contributed by atoms with E-state index in [2.05, 4.69) is 56.5 Å². The van der Waals surface area contributed by atoms with Gasteiger partial charge in [-0.2, -0.15) is 13.2 Å². The molecule has 27 heavy (non-hydrogen) atoms. The van der Waals surface area contributed by atoms with Crippen LogP contribution in [0, 0.1) is 0 Å². The highest BCUT2D eigenvalue weighted by Gasteiger charge is 2.29. The Labute approximate surface area is 159 Å². The predicted molar refractivity (Wildman–Crippen MR) is 101 cm³/mol. The van der Waals surface area contributed by atoms with Crippen LogP contribution >= 0.6 is 0 Å². The van der Waals surface area contributed by atoms with Gasteiger partial charge in [-0.25, -0.2) is 0 Å². The van der Waals surface area contributed by atoms with Gasteiger partial charge in [0.1, 0.15) is 6.61 Å². The Hall–Kier alpha value is -1.80. The molecule has 2 N–H and O–H groups in total. The van der Waals surface area contributed by atoms with E-state index < -0.39 is 12.8 Å². The quantitative estimate of drug-likeness (QED) is 0.410. The molecule has 0 aliphatic carbocycles. The van der Waals surface area contributed by atoms with Crippen LogP contribution in [0.25, 0.3) is 0 Å². The summed E-state index contributed by atoms with van der Waals surface area (Å²) in [7, 11) is 1.69. The zero-order valence-corrected chi connectivity index (χ0v) is 15.9. The maximum atomic E-state index is 12.0. The summed E-state index contributed by atoms with van der Waals surface area (Å²) in [5, 5.41) is 6.54. The number of halogens is 3. The van der Waals surface area contributed by atoms with Gasteiger partial charge in [-0.3, -0.25) is 9.89 Å². The lowest BCUT2D eigenvalue weighted by Crippen LogP contribution is -2.44. The lowest BCUT2D eigenvalue weighted by molar-refractivity contribution is -0.173. The third-order valence-electron chi connectivity index (χ3n) is 4.52. The van der Waals surface area contributed by atoms with Crippen LogP contribution in [0.4, 0.5) is 13.2 Å². The molecule has 8 heteroatoms. The van der Waals surface area contributed by atoms with Gasteiger partial charge in [-0.05, 0) is 25.3 Å². The van der Waals surface area contributed by atoms with E-state index in [1.54, 1.807) is 7.05 Å². The highest BCUT2D eigenvalue weighted by Crippen LogP contribution is 2.20. The maximum Gasteiger partial charge on any atom is 0.411 e. The van der Waals surface area contributed by atoms with Gasteiger partial charge in [0.05, 0.1) is 0 Å². The molecule has 0 amide bonds. The van der Waals surface area contributed by atoms with Gasteiger partial charge >= 0.3 is 6.18 Å². The van der Waals surface area contributed by atoms with Gasteiger partial charge in [0.15, 0.2) is 5.96 Å². The molecule has 1 aromatic carbocycles. The molecule has 1 heterocycles. The zero-order valence-electron chi connectivity index (χ0n) is 15.9. The largest absolute Gasteiger partial charge is 0.411 e. The first-order chi connectivity index (χ1) is 12.9. The molecule has 0 aromatic heterocycles. The number of hydrogen-bond acceptors (Lipinski definition) is 3. The summed E-state index contributed by atoms with van der Waals surface area (Å²) in [6.07, 6.45) is -2.77. The van der Waals surface area contributed by atoms with Gasteiger partial charge in [0.25, 0.3) is 0 Å². The Kier molecular flexibility index (Phi) is 8.37. The first-order valence-electron chi connectivity index (χ1n) is 9.27. The minimum absolute atomic E-state index is 0.0643. The molecule has 1 aliphatic rings. The number of nitrogens with one attached hydrogen (secondary N) is 2. The van der Waals surface area contributed by atoms with Crippen molar-refractivity contribution in [3.05, 3.63) is 35.9 Å². The SMILES string of the molecule is CN=C(NCCCOCC(F)(F)F)NC1CC(C)N(Cc2ccccc2)C1. The topological polar surface area (TPSA) is 48.9 Å². The minimum atomic E-state index is -4.27. The first-order valence-corrected chi connectivity index (χ1v) is 9.27. The van der Waals surface area contributed by atoms with E-state index in [4.69, 9.17) is 0 Å². The second-order valence-electron chi connectivity index (χ2n) is 6.86. The number of benzene rings is 1. The van der Waals surface area contributed by atoms with Crippen LogP contribution in [-0.4, -0.2) is 62.5 Å². The van der Waals surface area contributed by atoms with Gasteiger partial charge in [0, 0.05) is 45.4 Å². The van der Waals surface area contributed by atoms with Gasteiger partial charge in [-0.15, -0.1) is 0 Å². The second-order valence-corrected chi connectivity index (χ2v) is 6.86. The molecule has 2 unspecified atom stereocenters. The molecular weight excluding hydrogens is 357 g/mol. The fourth-order valence-corrected chi connectivity index (χ4v) is 3.20. The Morgan fingerprint density at radius 2 is 2.04 bits per heavy atom. The molecule has 1 aliphatic heterocycles. The summed E-state index contributed by atoms with van der Waals surface area (Å²) >= 11 is 0. The Morgan fingerprint density at radius 3 is 2.70 bits per heavy atom. The third kappa shape index (κ3) is 8.17. The Morgan fingerprint density at radius 1 is 1.30 bits per heavy atom. The Balaban J connectivity index is 1.67. The standard InChI is InChI=1S/C19H29F3N4O/c1-15-11-17(13-26(15)12-16-7-4-3-5-8-16)25-18(23-2)24-9-6-10-27-14-19(20,21)22/h3-5,7-8,15,17H,6,9-14H2,1-2H3,(H2,23,24,25). The number of nitrogens with zero attached hydrogens (tertiary/aromatic N) is 2. The van der Waals surface area contributed by atoms with E-state index >= 15 is 0 Å². The zero-order chi connectivity index (χ0) is 19.7. The van der Waals surface area contributed by atoms with E-state index in [1.807, 2.05) is 6.07 Å². The smallest absolute Gasteiger partial charge is 0.372 e. The molecule has 0 spiro atoms. The van der Waals surface area contributed by atoms with E-state index in [0.29, 0.717) is 25.0 Å². The average Bonchev–Trinajstić information content (AvgIpc) is 2.96. The van der Waals surface area contributed by atoms with Crippen LogP contribution in [0.2, 0.25) is 0 Å². The summed E-state index contributed by atoms with van der Waals surface area (Å²) in [6.45, 7) is 3.44. The summed E-state index contributed by atoms with van der Waals surface area (Å²) < 4.78 is 40.6. The van der Waals surface area contributed by atoms with E-state index in [1.165, 1.54) is 5.56 Å². The summed E-state index contributed by atoms with van der Waals surface area (Å²) in [5.41, 5.74) is 1.30. The maximum absolute atomic E-state index is 12.0. The third-order valence-corrected chi connectivity index (χ3v) is 4.52. The van der Waals surface area contributed by atoms with Crippen molar-refractivity contribution in [2.75, 3.05) is 33.4 Å². The van der Waals surface area contributed by atoms with Gasteiger partial charge in [-0.1, -0.05) is 30.3 Å². The monoisotopic (exact) mass is 386 g/mol. The van der Waals surface area contributed by atoms with Crippen molar-refractivity contribution < 1.29 is 17.9 Å². The molecule has 152 valence electrons. The van der Waals surface area contributed by atoms with Crippen molar-refractivity contribution in [1.82, 2.24) is 15.5 Å². The van der Waals surface area contributed by atoms with Gasteiger partial charge in [0.2, 0.25) is 0 Å². The number of rotatable bonds is 8. The minimum Gasteiger partial charge on any atom is -0.372 e. The van der Waals surface area contributed by atoms with Crippen LogP contribution in [0.5, 0.6) is 0 Å². The number of alkyl halides is 3. The number of likely N-dealkylation sites (tertiary alicyclic amines) is 1. The molecule has 1 saturated heterocycles. The van der Waals surface area contributed by atoms with Crippen molar-refractivity contribution in [3.8, 4) is 0 Å². The number of ether oxygens (including phenoxy) is 1. The first kappa shape index (κ1) is 21.5. The Bertz CT molecular complexity index is 580. The highest BCUT2D eigenvalue weighted by molar-refractivity contribution is 5.80. The highest BCUT2D eigenvalue weighted by atomic mass is 19.4. The molecule has 1 aromatic rings. The van der Waals surface area contributed by atoms with Crippen LogP contribution in [0.3, 0.4) is 0 Å². The molecule has 2 atom stereocenters. The van der Waals surface area contributed by atoms with E-state index in [9.17, 15) is 13.2 Å². The molecule has 2 rings (SSSR count). The number of hydrogen-bond donors (Lipinski definition) is 2. The summed E-state index contributed by atoms with van der Waals surface area (Å²) in [5.74, 6) is 0.671. The van der Waals surface area contributed by atoms with Crippen molar-refractivity contribution in [3.63, 3.8) is 0 Å². The number of aliphatic imine (C=N–C) groups is 1. The molecule has 0 saturated carbocycles. The van der Waals surface area contributed by atoms with Crippen molar-refractivity contribution in [2.24, 2.45) is 4.99 Å². The summed E-state index contributed by atoms with van der Waals surface area (Å²) in [4.78, 5) is 6.63. The fourth-order valence-electron chi connectivity index (χ4n) is 3.20. The fraction of sp³-hybridized carbons (Fsp3) is 0.632. The van der Waals surface area contributed by atoms with Crippen LogP contribution in [-0.2, 0) is 11.3 Å². The van der Waals surface area contributed by atoms with E-state index in [0.717, 1.165) is 19.5 Å². The lowest BCUT2D eigenvalue weighted by Gasteiger charge is -2.21. The average molecular weight is 386 g/mol. The summed E-state index contributed by atoms with van der Waals surface area (Å²) in [6, 6.07) is 11.1. The lowest BCUT2D eigenvalue weighted by atomic mass is 10.2.